The first-order valence-electron chi connectivity index (χ1n) is 21.1. The first-order valence-corrected chi connectivity index (χ1v) is 21.1. The molecule has 14 aromatic rings. The lowest BCUT2D eigenvalue weighted by molar-refractivity contribution is 1.18. The number of hydrogen-bond donors (Lipinski definition) is 0. The van der Waals surface area contributed by atoms with Gasteiger partial charge in [-0.15, -0.1) is 0 Å². The van der Waals surface area contributed by atoms with Crippen molar-refractivity contribution in [1.29, 1.82) is 0 Å². The summed E-state index contributed by atoms with van der Waals surface area (Å²) in [7, 11) is 0. The second kappa shape index (κ2) is 12.2. The molecule has 0 saturated carbocycles. The molecule has 0 bridgehead atoms. The number of fused-ring (bicyclic) bond motifs is 13. The van der Waals surface area contributed by atoms with Crippen molar-refractivity contribution in [2.75, 3.05) is 0 Å². The maximum atomic E-state index is 2.47. The lowest BCUT2D eigenvalue weighted by Crippen LogP contribution is -1.94. The molecule has 282 valence electrons. The summed E-state index contributed by atoms with van der Waals surface area (Å²) in [5, 5.41) is 12.7. The second-order valence-electron chi connectivity index (χ2n) is 16.5. The molecule has 3 nitrogen and oxygen atoms in total. The molecule has 3 heteroatoms. The molecule has 10 aromatic carbocycles. The first kappa shape index (κ1) is 32.8. The minimum absolute atomic E-state index is 1.15. The molecule has 61 heavy (non-hydrogen) atoms. The summed E-state index contributed by atoms with van der Waals surface area (Å²) in [6, 6.07) is 78.5. The summed E-state index contributed by atoms with van der Waals surface area (Å²) in [5.41, 5.74) is 15.8. The van der Waals surface area contributed by atoms with Crippen LogP contribution in [0.4, 0.5) is 0 Å². The van der Waals surface area contributed by atoms with E-state index in [2.05, 4.69) is 226 Å². The van der Waals surface area contributed by atoms with Crippen LogP contribution in [0.1, 0.15) is 0 Å². The van der Waals surface area contributed by atoms with Crippen LogP contribution in [0.3, 0.4) is 0 Å². The fourth-order valence-corrected chi connectivity index (χ4v) is 10.7. The Balaban J connectivity index is 0.906. The Morgan fingerprint density at radius 2 is 0.705 bits per heavy atom. The van der Waals surface area contributed by atoms with E-state index < -0.39 is 0 Å². The standard InChI is InChI=1S/C58H35N3/c1-2-13-42-36(11-1)12-9-17-43(42)37-23-27-40(28-24-37)59-52-20-6-4-15-45(52)50-33-38(25-31-55(50)59)39-26-32-56-51(34-39)46-16-5-7-21-53(46)60(56)41-29-30-47-49-19-10-18-48-44-14-3-8-22-54(44)61(58(48)49)57(47)35-41/h1-35H. The molecule has 0 unspecified atom stereocenters. The predicted molar refractivity (Wildman–Crippen MR) is 258 cm³/mol. The van der Waals surface area contributed by atoms with E-state index in [1.807, 2.05) is 0 Å². The van der Waals surface area contributed by atoms with Gasteiger partial charge >= 0.3 is 0 Å². The maximum absolute atomic E-state index is 2.47. The van der Waals surface area contributed by atoms with Crippen LogP contribution in [0.5, 0.6) is 0 Å². The maximum Gasteiger partial charge on any atom is 0.0620 e. The molecule has 4 aromatic heterocycles. The van der Waals surface area contributed by atoms with Crippen molar-refractivity contribution < 1.29 is 0 Å². The van der Waals surface area contributed by atoms with Gasteiger partial charge in [0.25, 0.3) is 0 Å². The second-order valence-corrected chi connectivity index (χ2v) is 16.5. The highest BCUT2D eigenvalue weighted by molar-refractivity contribution is 6.23. The fourth-order valence-electron chi connectivity index (χ4n) is 10.7. The third kappa shape index (κ3) is 4.52. The van der Waals surface area contributed by atoms with Gasteiger partial charge in [0.1, 0.15) is 0 Å². The molecule has 0 amide bonds. The van der Waals surface area contributed by atoms with Crippen LogP contribution >= 0.6 is 0 Å². The highest BCUT2D eigenvalue weighted by atomic mass is 15.0. The van der Waals surface area contributed by atoms with Crippen molar-refractivity contribution in [3.8, 4) is 33.6 Å². The topological polar surface area (TPSA) is 14.3 Å². The molecule has 0 spiro atoms. The van der Waals surface area contributed by atoms with Crippen LogP contribution in [-0.2, 0) is 0 Å². The zero-order chi connectivity index (χ0) is 39.8. The lowest BCUT2D eigenvalue weighted by atomic mass is 9.98. The highest BCUT2D eigenvalue weighted by Gasteiger charge is 2.20. The van der Waals surface area contributed by atoms with Crippen molar-refractivity contribution >= 4 is 92.5 Å². The molecule has 14 rings (SSSR count). The van der Waals surface area contributed by atoms with Gasteiger partial charge in [-0.3, -0.25) is 0 Å². The van der Waals surface area contributed by atoms with E-state index in [1.54, 1.807) is 0 Å². The van der Waals surface area contributed by atoms with Gasteiger partial charge in [0.15, 0.2) is 0 Å². The average molecular weight is 774 g/mol. The normalized spacial score (nSPS) is 12.3. The molecule has 0 aliphatic rings. The van der Waals surface area contributed by atoms with Gasteiger partial charge in [-0.25, -0.2) is 0 Å². The minimum Gasteiger partial charge on any atom is -0.309 e. The Bertz CT molecular complexity index is 4100. The first-order chi connectivity index (χ1) is 30.3. The summed E-state index contributed by atoms with van der Waals surface area (Å²) < 4.78 is 7.33. The minimum atomic E-state index is 1.15. The van der Waals surface area contributed by atoms with E-state index in [0.717, 1.165) is 11.4 Å². The molecular weight excluding hydrogens is 739 g/mol. The molecule has 0 saturated heterocycles. The van der Waals surface area contributed by atoms with E-state index in [-0.39, 0.29) is 0 Å². The summed E-state index contributed by atoms with van der Waals surface area (Å²) in [5.74, 6) is 0. The van der Waals surface area contributed by atoms with Crippen LogP contribution < -0.4 is 0 Å². The molecule has 0 aliphatic carbocycles. The third-order valence-corrected chi connectivity index (χ3v) is 13.4. The zero-order valence-corrected chi connectivity index (χ0v) is 33.0. The summed E-state index contributed by atoms with van der Waals surface area (Å²) >= 11 is 0. The Hall–Kier alpha value is -8.14. The molecule has 4 heterocycles. The zero-order valence-electron chi connectivity index (χ0n) is 33.0. The van der Waals surface area contributed by atoms with Gasteiger partial charge < -0.3 is 13.5 Å². The van der Waals surface area contributed by atoms with E-state index in [9.17, 15) is 0 Å². The Kier molecular flexibility index (Phi) is 6.56. The Morgan fingerprint density at radius 3 is 1.38 bits per heavy atom. The quantitative estimate of drug-likeness (QED) is 0.169. The van der Waals surface area contributed by atoms with E-state index >= 15 is 0 Å². The predicted octanol–water partition coefficient (Wildman–Crippen LogP) is 15.5. The van der Waals surface area contributed by atoms with Gasteiger partial charge in [0.05, 0.1) is 38.6 Å². The smallest absolute Gasteiger partial charge is 0.0620 e. The monoisotopic (exact) mass is 773 g/mol. The van der Waals surface area contributed by atoms with E-state index in [1.165, 1.54) is 115 Å². The number of aromatic nitrogens is 3. The summed E-state index contributed by atoms with van der Waals surface area (Å²) in [4.78, 5) is 0. The summed E-state index contributed by atoms with van der Waals surface area (Å²) in [6.07, 6.45) is 0. The van der Waals surface area contributed by atoms with Gasteiger partial charge in [0, 0.05) is 54.5 Å². The molecule has 0 fully saturated rings. The van der Waals surface area contributed by atoms with Crippen molar-refractivity contribution in [1.82, 2.24) is 13.5 Å². The van der Waals surface area contributed by atoms with Gasteiger partial charge in [0.2, 0.25) is 0 Å². The lowest BCUT2D eigenvalue weighted by Gasteiger charge is -2.11. The van der Waals surface area contributed by atoms with Crippen molar-refractivity contribution in [3.05, 3.63) is 212 Å². The third-order valence-electron chi connectivity index (χ3n) is 13.4. The van der Waals surface area contributed by atoms with E-state index in [4.69, 9.17) is 0 Å². The highest BCUT2D eigenvalue weighted by Crippen LogP contribution is 2.42. The van der Waals surface area contributed by atoms with Crippen LogP contribution in [0.2, 0.25) is 0 Å². The largest absolute Gasteiger partial charge is 0.309 e. The molecule has 0 N–H and O–H groups in total. The molecule has 0 radical (unpaired) electrons. The van der Waals surface area contributed by atoms with Crippen LogP contribution in [0, 0.1) is 0 Å². The van der Waals surface area contributed by atoms with Crippen molar-refractivity contribution in [2.45, 2.75) is 0 Å². The Morgan fingerprint density at radius 1 is 0.246 bits per heavy atom. The van der Waals surface area contributed by atoms with Gasteiger partial charge in [-0.05, 0) is 99.8 Å². The van der Waals surface area contributed by atoms with Crippen LogP contribution in [0.15, 0.2) is 212 Å². The number of para-hydroxylation sites is 4. The number of rotatable bonds is 4. The number of benzene rings is 10. The van der Waals surface area contributed by atoms with Crippen molar-refractivity contribution in [3.63, 3.8) is 0 Å². The number of hydrogen-bond acceptors (Lipinski definition) is 0. The van der Waals surface area contributed by atoms with Gasteiger partial charge in [-0.1, -0.05) is 146 Å². The van der Waals surface area contributed by atoms with Crippen LogP contribution in [0.25, 0.3) is 126 Å². The Labute approximate surface area is 350 Å². The fraction of sp³-hybridized carbons (Fsp3) is 0. The molecule has 0 atom stereocenters. The van der Waals surface area contributed by atoms with Crippen LogP contribution in [-0.4, -0.2) is 13.5 Å². The summed E-state index contributed by atoms with van der Waals surface area (Å²) in [6.45, 7) is 0. The molecular formula is C58H35N3. The SMILES string of the molecule is c1ccc2c(-c3ccc(-n4c5ccccc5c5cc(-c6ccc7c(c6)c6ccccc6n7-c6ccc7c8cccc9c%10ccccc%10n(c7c6)c98)ccc54)cc3)cccc2c1. The van der Waals surface area contributed by atoms with E-state index in [0.29, 0.717) is 0 Å². The average Bonchev–Trinajstić information content (AvgIpc) is 4.05. The number of nitrogens with zero attached hydrogens (tertiary/aromatic N) is 3. The van der Waals surface area contributed by atoms with Gasteiger partial charge in [-0.2, -0.15) is 0 Å². The molecule has 0 aliphatic heterocycles. The van der Waals surface area contributed by atoms with Crippen molar-refractivity contribution in [2.24, 2.45) is 0 Å².